The molecule has 1 aliphatic heterocycles. The molecule has 3 rings (SSSR count). The van der Waals surface area contributed by atoms with Crippen molar-refractivity contribution in [2.45, 2.75) is 59.9 Å². The van der Waals surface area contributed by atoms with Crippen LogP contribution in [0, 0.1) is 11.3 Å². The maximum Gasteiger partial charge on any atom is 0.223 e. The molecule has 0 radical (unpaired) electrons. The minimum absolute atomic E-state index is 0.178. The van der Waals surface area contributed by atoms with E-state index in [0.29, 0.717) is 18.8 Å². The Labute approximate surface area is 189 Å². The fraction of sp³-hybridized carbons (Fsp3) is 0.609. The predicted molar refractivity (Wildman–Crippen MR) is 125 cm³/mol. The van der Waals surface area contributed by atoms with E-state index in [-0.39, 0.29) is 17.4 Å². The topological polar surface area (TPSA) is 49.3 Å². The van der Waals surface area contributed by atoms with Crippen LogP contribution in [0.25, 0.3) is 0 Å². The van der Waals surface area contributed by atoms with E-state index in [1.165, 1.54) is 11.5 Å². The molecule has 0 spiro atoms. The van der Waals surface area contributed by atoms with Crippen LogP contribution >= 0.6 is 23.1 Å². The van der Waals surface area contributed by atoms with Crippen LogP contribution in [0.4, 0.5) is 5.13 Å². The van der Waals surface area contributed by atoms with Crippen LogP contribution in [0.3, 0.4) is 0 Å². The number of anilines is 1. The van der Waals surface area contributed by atoms with Gasteiger partial charge < -0.3 is 9.80 Å². The van der Waals surface area contributed by atoms with Gasteiger partial charge in [-0.05, 0) is 42.4 Å². The molecule has 30 heavy (non-hydrogen) atoms. The van der Waals surface area contributed by atoms with Crippen molar-refractivity contribution in [3.8, 4) is 0 Å². The Morgan fingerprint density at radius 2 is 1.97 bits per heavy atom. The number of piperazine rings is 1. The van der Waals surface area contributed by atoms with Gasteiger partial charge in [0.2, 0.25) is 11.0 Å². The summed E-state index contributed by atoms with van der Waals surface area (Å²) in [6.07, 6.45) is 2.40. The number of aromatic nitrogens is 2. The first kappa shape index (κ1) is 23.0. The van der Waals surface area contributed by atoms with Crippen LogP contribution in [0.1, 0.15) is 58.8 Å². The Hall–Kier alpha value is -1.66. The fourth-order valence-corrected chi connectivity index (χ4v) is 5.11. The van der Waals surface area contributed by atoms with Gasteiger partial charge in [0.05, 0.1) is 0 Å². The van der Waals surface area contributed by atoms with E-state index >= 15 is 0 Å². The lowest BCUT2D eigenvalue weighted by Crippen LogP contribution is -2.54. The normalized spacial score (nSPS) is 18.5. The number of amides is 1. The summed E-state index contributed by atoms with van der Waals surface area (Å²) in [5, 5.41) is 1.68. The van der Waals surface area contributed by atoms with Gasteiger partial charge in [-0.2, -0.15) is 4.37 Å². The van der Waals surface area contributed by atoms with Crippen molar-refractivity contribution in [1.82, 2.24) is 14.3 Å². The van der Waals surface area contributed by atoms with Crippen LogP contribution in [-0.4, -0.2) is 45.8 Å². The average Bonchev–Trinajstić information content (AvgIpc) is 3.10. The molecule has 1 fully saturated rings. The van der Waals surface area contributed by atoms with Crippen LogP contribution in [0.15, 0.2) is 24.3 Å². The summed E-state index contributed by atoms with van der Waals surface area (Å²) < 4.78 is 4.54. The number of benzene rings is 1. The van der Waals surface area contributed by atoms with E-state index in [9.17, 15) is 4.79 Å². The largest absolute Gasteiger partial charge is 0.343 e. The maximum atomic E-state index is 12.9. The van der Waals surface area contributed by atoms with Gasteiger partial charge in [-0.1, -0.05) is 51.4 Å². The Balaban J connectivity index is 1.54. The maximum absolute atomic E-state index is 12.9. The molecule has 0 aliphatic carbocycles. The van der Waals surface area contributed by atoms with E-state index in [0.717, 1.165) is 47.6 Å². The molecular formula is C23H33ClN4OS. The van der Waals surface area contributed by atoms with Crippen LogP contribution in [-0.2, 0) is 11.2 Å². The third-order valence-electron chi connectivity index (χ3n) is 5.44. The number of carbonyl (C=O) groups excluding carboxylic acids is 1. The Bertz CT molecular complexity index is 846. The van der Waals surface area contributed by atoms with Crippen molar-refractivity contribution in [2.75, 3.05) is 24.5 Å². The van der Waals surface area contributed by atoms with E-state index in [1.807, 2.05) is 29.2 Å². The molecule has 0 N–H and O–H groups in total. The van der Waals surface area contributed by atoms with Gasteiger partial charge >= 0.3 is 0 Å². The van der Waals surface area contributed by atoms with Gasteiger partial charge in [-0.3, -0.25) is 4.79 Å². The summed E-state index contributed by atoms with van der Waals surface area (Å²) in [5.74, 6) is 1.51. The van der Waals surface area contributed by atoms with Crippen LogP contribution in [0.5, 0.6) is 0 Å². The van der Waals surface area contributed by atoms with Gasteiger partial charge in [-0.25, -0.2) is 4.98 Å². The summed E-state index contributed by atoms with van der Waals surface area (Å²) >= 11 is 7.40. The average molecular weight is 449 g/mol. The molecular weight excluding hydrogens is 416 g/mol. The van der Waals surface area contributed by atoms with Crippen LogP contribution < -0.4 is 4.90 Å². The molecule has 164 valence electrons. The first-order valence-corrected chi connectivity index (χ1v) is 11.9. The lowest BCUT2D eigenvalue weighted by Gasteiger charge is -2.40. The van der Waals surface area contributed by atoms with Crippen molar-refractivity contribution in [3.63, 3.8) is 0 Å². The number of carbonyl (C=O) groups is 1. The highest BCUT2D eigenvalue weighted by atomic mass is 35.5. The molecule has 1 aromatic heterocycles. The SMILES string of the molecule is CC(CC(=O)N1CCN(c2nc(Cc3ccc(Cl)cc3)ns2)CC1C)CC(C)(C)C. The number of nitrogens with zero attached hydrogens (tertiary/aromatic N) is 4. The third-order valence-corrected chi connectivity index (χ3v) is 6.50. The minimum Gasteiger partial charge on any atom is -0.343 e. The first-order chi connectivity index (χ1) is 14.1. The number of rotatable bonds is 6. The second kappa shape index (κ2) is 9.65. The standard InChI is InChI=1S/C23H33ClN4OS/c1-16(14-23(3,4)5)12-21(29)28-11-10-27(15-17(28)2)22-25-20(26-30-22)13-18-6-8-19(24)9-7-18/h6-9,16-17H,10-15H2,1-5H3. The Morgan fingerprint density at radius 3 is 2.60 bits per heavy atom. The van der Waals surface area contributed by atoms with E-state index < -0.39 is 0 Å². The monoisotopic (exact) mass is 448 g/mol. The molecule has 2 heterocycles. The zero-order valence-corrected chi connectivity index (χ0v) is 20.3. The summed E-state index contributed by atoms with van der Waals surface area (Å²) in [7, 11) is 0. The van der Waals surface area contributed by atoms with Gasteiger partial charge in [0.25, 0.3) is 0 Å². The summed E-state index contributed by atoms with van der Waals surface area (Å²) in [5.41, 5.74) is 1.41. The number of hydrogen-bond donors (Lipinski definition) is 0. The molecule has 1 amide bonds. The second-order valence-electron chi connectivity index (χ2n) is 9.75. The van der Waals surface area contributed by atoms with Crippen molar-refractivity contribution in [3.05, 3.63) is 40.7 Å². The lowest BCUT2D eigenvalue weighted by atomic mass is 9.84. The fourth-order valence-electron chi connectivity index (χ4n) is 4.26. The van der Waals surface area contributed by atoms with Gasteiger partial charge in [-0.15, -0.1) is 0 Å². The molecule has 1 saturated heterocycles. The Morgan fingerprint density at radius 1 is 1.27 bits per heavy atom. The van der Waals surface area contributed by atoms with Gasteiger partial charge in [0.1, 0.15) is 5.82 Å². The van der Waals surface area contributed by atoms with E-state index in [4.69, 9.17) is 16.6 Å². The molecule has 0 bridgehead atoms. The van der Waals surface area contributed by atoms with Crippen molar-refractivity contribution < 1.29 is 4.79 Å². The van der Waals surface area contributed by atoms with Gasteiger partial charge in [0.15, 0.2) is 0 Å². The zero-order valence-electron chi connectivity index (χ0n) is 18.7. The van der Waals surface area contributed by atoms with Crippen LogP contribution in [0.2, 0.25) is 5.02 Å². The lowest BCUT2D eigenvalue weighted by molar-refractivity contribution is -0.134. The Kier molecular flexibility index (Phi) is 7.40. The highest BCUT2D eigenvalue weighted by Crippen LogP contribution is 2.28. The van der Waals surface area contributed by atoms with Gasteiger partial charge in [0, 0.05) is 55.1 Å². The molecule has 0 saturated carbocycles. The van der Waals surface area contributed by atoms with Crippen molar-refractivity contribution in [1.29, 1.82) is 0 Å². The number of hydrogen-bond acceptors (Lipinski definition) is 5. The highest BCUT2D eigenvalue weighted by molar-refractivity contribution is 7.09. The minimum atomic E-state index is 0.178. The summed E-state index contributed by atoms with van der Waals surface area (Å²) in [4.78, 5) is 21.9. The molecule has 7 heteroatoms. The first-order valence-electron chi connectivity index (χ1n) is 10.7. The van der Waals surface area contributed by atoms with E-state index in [1.54, 1.807) is 0 Å². The quantitative estimate of drug-likeness (QED) is 0.603. The molecule has 2 unspecified atom stereocenters. The summed E-state index contributed by atoms with van der Waals surface area (Å²) in [6.45, 7) is 13.4. The zero-order chi connectivity index (χ0) is 21.9. The molecule has 1 aliphatic rings. The van der Waals surface area contributed by atoms with Crippen molar-refractivity contribution in [2.24, 2.45) is 11.3 Å². The highest BCUT2D eigenvalue weighted by Gasteiger charge is 2.30. The predicted octanol–water partition coefficient (Wildman–Crippen LogP) is 5.28. The molecule has 2 aromatic rings. The molecule has 1 aromatic carbocycles. The second-order valence-corrected chi connectivity index (χ2v) is 10.9. The smallest absolute Gasteiger partial charge is 0.223 e. The van der Waals surface area contributed by atoms with E-state index in [2.05, 4.69) is 43.9 Å². The molecule has 5 nitrogen and oxygen atoms in total. The summed E-state index contributed by atoms with van der Waals surface area (Å²) in [6, 6.07) is 7.98. The molecule has 2 atom stereocenters. The van der Waals surface area contributed by atoms with Crippen molar-refractivity contribution >= 4 is 34.2 Å². The number of halogens is 1. The third kappa shape index (κ3) is 6.42.